The van der Waals surface area contributed by atoms with Crippen LogP contribution in [0, 0.1) is 17.1 Å². The van der Waals surface area contributed by atoms with E-state index in [2.05, 4.69) is 26.6 Å². The smallest absolute Gasteiger partial charge is 0.161 e. The van der Waals surface area contributed by atoms with Gasteiger partial charge in [0.25, 0.3) is 0 Å². The number of benzene rings is 1. The van der Waals surface area contributed by atoms with Crippen molar-refractivity contribution in [3.05, 3.63) is 28.0 Å². The van der Waals surface area contributed by atoms with Gasteiger partial charge in [-0.15, -0.1) is 0 Å². The van der Waals surface area contributed by atoms with Crippen LogP contribution in [-0.2, 0) is 4.74 Å². The van der Waals surface area contributed by atoms with Crippen LogP contribution in [0.3, 0.4) is 0 Å². The quantitative estimate of drug-likeness (QED) is 0.894. The minimum atomic E-state index is -0.448. The van der Waals surface area contributed by atoms with E-state index in [1.807, 2.05) is 6.07 Å². The Morgan fingerprint density at radius 1 is 1.56 bits per heavy atom. The molecule has 0 aromatic heterocycles. The van der Waals surface area contributed by atoms with Gasteiger partial charge in [-0.1, -0.05) is 0 Å². The predicted molar refractivity (Wildman–Crippen MR) is 69.9 cm³/mol. The predicted octanol–water partition coefficient (Wildman–Crippen LogP) is 1.86. The molecule has 0 aliphatic carbocycles. The molecule has 0 saturated carbocycles. The Labute approximate surface area is 113 Å². The average molecular weight is 314 g/mol. The van der Waals surface area contributed by atoms with Crippen molar-refractivity contribution in [3.63, 3.8) is 0 Å². The number of rotatable bonds is 3. The van der Waals surface area contributed by atoms with Gasteiger partial charge in [0.05, 0.1) is 27.9 Å². The van der Waals surface area contributed by atoms with Gasteiger partial charge in [-0.25, -0.2) is 4.39 Å². The first kappa shape index (κ1) is 13.3. The number of hydrogen-bond acceptors (Lipinski definition) is 4. The molecule has 1 unspecified atom stereocenters. The van der Waals surface area contributed by atoms with E-state index in [9.17, 15) is 4.39 Å². The van der Waals surface area contributed by atoms with Crippen molar-refractivity contribution < 1.29 is 9.13 Å². The Kier molecular flexibility index (Phi) is 4.17. The van der Waals surface area contributed by atoms with E-state index in [4.69, 9.17) is 10.00 Å². The van der Waals surface area contributed by atoms with E-state index in [-0.39, 0.29) is 22.2 Å². The van der Waals surface area contributed by atoms with E-state index < -0.39 is 5.82 Å². The molecule has 0 spiro atoms. The monoisotopic (exact) mass is 313 g/mol. The number of nitrogens with one attached hydrogen (secondary N) is 2. The maximum atomic E-state index is 14.0. The first-order chi connectivity index (χ1) is 8.67. The second-order valence-corrected chi connectivity index (χ2v) is 4.88. The van der Waals surface area contributed by atoms with Crippen LogP contribution in [-0.4, -0.2) is 32.3 Å². The number of hydrogen-bond donors (Lipinski definition) is 2. The first-order valence-corrected chi connectivity index (χ1v) is 6.34. The molecule has 0 radical (unpaired) electrons. The van der Waals surface area contributed by atoms with Crippen LogP contribution in [0.2, 0.25) is 0 Å². The molecule has 1 saturated heterocycles. The second-order valence-electron chi connectivity index (χ2n) is 4.08. The number of anilines is 1. The molecule has 1 aromatic carbocycles. The molecule has 1 heterocycles. The van der Waals surface area contributed by atoms with E-state index in [0.29, 0.717) is 5.69 Å². The lowest BCUT2D eigenvalue weighted by Crippen LogP contribution is -2.33. The fourth-order valence-electron chi connectivity index (χ4n) is 1.99. The lowest BCUT2D eigenvalue weighted by molar-refractivity contribution is 0.111. The van der Waals surface area contributed by atoms with E-state index in [1.165, 1.54) is 0 Å². The molecule has 1 aliphatic rings. The molecule has 1 aromatic rings. The molecule has 1 aliphatic heterocycles. The summed E-state index contributed by atoms with van der Waals surface area (Å²) in [7, 11) is 1.64. The Bertz CT molecular complexity index is 489. The molecule has 1 fully saturated rings. The minimum absolute atomic E-state index is 0.0128. The highest BCUT2D eigenvalue weighted by atomic mass is 79.9. The van der Waals surface area contributed by atoms with Gasteiger partial charge in [0.2, 0.25) is 0 Å². The summed E-state index contributed by atoms with van der Waals surface area (Å²) in [5, 5.41) is 15.1. The van der Waals surface area contributed by atoms with Crippen LogP contribution in [0.4, 0.5) is 10.1 Å². The second kappa shape index (κ2) is 5.65. The molecule has 0 amide bonds. The Morgan fingerprint density at radius 2 is 2.33 bits per heavy atom. The zero-order valence-electron chi connectivity index (χ0n) is 9.84. The summed E-state index contributed by atoms with van der Waals surface area (Å²) in [6.45, 7) is 1.46. The largest absolute Gasteiger partial charge is 0.378 e. The van der Waals surface area contributed by atoms with Crippen molar-refractivity contribution in [1.82, 2.24) is 5.32 Å². The van der Waals surface area contributed by atoms with Crippen LogP contribution in [0.25, 0.3) is 0 Å². The van der Waals surface area contributed by atoms with Crippen LogP contribution < -0.4 is 10.6 Å². The number of ether oxygens (including phenoxy) is 1. The number of nitriles is 1. The van der Waals surface area contributed by atoms with E-state index >= 15 is 0 Å². The van der Waals surface area contributed by atoms with Gasteiger partial charge in [0, 0.05) is 20.2 Å². The van der Waals surface area contributed by atoms with E-state index in [0.717, 1.165) is 13.1 Å². The molecular weight excluding hydrogens is 301 g/mol. The van der Waals surface area contributed by atoms with Crippen LogP contribution in [0.1, 0.15) is 5.56 Å². The summed E-state index contributed by atoms with van der Waals surface area (Å²) < 4.78 is 19.5. The van der Waals surface area contributed by atoms with Crippen LogP contribution in [0.5, 0.6) is 0 Å². The Hall–Kier alpha value is -1.16. The third kappa shape index (κ3) is 2.48. The standard InChI is InChI=1S/C12H13BrFN3O/c1-18-10-6-16-5-9(10)17-8-3-2-7(4-15)11(13)12(8)14/h2-3,9-10,16-17H,5-6H2,1H3/t9?,10-/m0/s1. The Balaban J connectivity index is 2.20. The van der Waals surface area contributed by atoms with Gasteiger partial charge in [-0.05, 0) is 28.1 Å². The van der Waals surface area contributed by atoms with Gasteiger partial charge in [-0.2, -0.15) is 5.26 Å². The highest BCUT2D eigenvalue weighted by Crippen LogP contribution is 2.27. The summed E-state index contributed by atoms with van der Waals surface area (Å²) in [5.41, 5.74) is 0.655. The zero-order valence-corrected chi connectivity index (χ0v) is 11.4. The summed E-state index contributed by atoms with van der Waals surface area (Å²) in [6, 6.07) is 5.10. The van der Waals surface area contributed by atoms with E-state index in [1.54, 1.807) is 19.2 Å². The van der Waals surface area contributed by atoms with Crippen molar-refractivity contribution in [3.8, 4) is 6.07 Å². The molecule has 2 rings (SSSR count). The fraction of sp³-hybridized carbons (Fsp3) is 0.417. The average Bonchev–Trinajstić information content (AvgIpc) is 2.82. The molecule has 0 bridgehead atoms. The SMILES string of the molecule is CO[C@H]1CNCC1Nc1ccc(C#N)c(Br)c1F. The molecule has 2 N–H and O–H groups in total. The fourth-order valence-corrected chi connectivity index (χ4v) is 2.43. The molecular formula is C12H13BrFN3O. The topological polar surface area (TPSA) is 57.1 Å². The summed E-state index contributed by atoms with van der Waals surface area (Å²) in [5.74, 6) is -0.448. The summed E-state index contributed by atoms with van der Waals surface area (Å²) in [6.07, 6.45) is 0.0128. The molecule has 4 nitrogen and oxygen atoms in total. The highest BCUT2D eigenvalue weighted by molar-refractivity contribution is 9.10. The number of nitrogens with zero attached hydrogens (tertiary/aromatic N) is 1. The third-order valence-corrected chi connectivity index (χ3v) is 3.78. The lowest BCUT2D eigenvalue weighted by Gasteiger charge is -2.20. The van der Waals surface area contributed by atoms with Crippen molar-refractivity contribution in [2.75, 3.05) is 25.5 Å². The minimum Gasteiger partial charge on any atom is -0.378 e. The Morgan fingerprint density at radius 3 is 3.00 bits per heavy atom. The van der Waals surface area contributed by atoms with Crippen molar-refractivity contribution in [1.29, 1.82) is 5.26 Å². The van der Waals surface area contributed by atoms with Gasteiger partial charge in [0.1, 0.15) is 6.07 Å². The van der Waals surface area contributed by atoms with Gasteiger partial charge in [0.15, 0.2) is 5.82 Å². The maximum absolute atomic E-state index is 14.0. The van der Waals surface area contributed by atoms with Crippen molar-refractivity contribution >= 4 is 21.6 Å². The normalized spacial score (nSPS) is 22.8. The zero-order chi connectivity index (χ0) is 13.1. The van der Waals surface area contributed by atoms with Crippen molar-refractivity contribution in [2.24, 2.45) is 0 Å². The lowest BCUT2D eigenvalue weighted by atomic mass is 10.1. The van der Waals surface area contributed by atoms with Crippen molar-refractivity contribution in [2.45, 2.75) is 12.1 Å². The number of methoxy groups -OCH3 is 1. The third-order valence-electron chi connectivity index (χ3n) is 3.00. The van der Waals surface area contributed by atoms with Gasteiger partial charge < -0.3 is 15.4 Å². The molecule has 18 heavy (non-hydrogen) atoms. The maximum Gasteiger partial charge on any atom is 0.161 e. The van der Waals surface area contributed by atoms with Gasteiger partial charge in [-0.3, -0.25) is 0 Å². The number of halogens is 2. The molecule has 2 atom stereocenters. The highest BCUT2D eigenvalue weighted by Gasteiger charge is 2.27. The first-order valence-electron chi connectivity index (χ1n) is 5.55. The molecule has 96 valence electrons. The van der Waals surface area contributed by atoms with Crippen LogP contribution in [0.15, 0.2) is 16.6 Å². The summed E-state index contributed by atoms with van der Waals surface area (Å²) in [4.78, 5) is 0. The van der Waals surface area contributed by atoms with Crippen LogP contribution >= 0.6 is 15.9 Å². The van der Waals surface area contributed by atoms with Gasteiger partial charge >= 0.3 is 0 Å². The molecule has 6 heteroatoms. The summed E-state index contributed by atoms with van der Waals surface area (Å²) >= 11 is 3.09.